The van der Waals surface area contributed by atoms with E-state index in [0.29, 0.717) is 18.8 Å². The molecule has 2 N–H and O–H groups in total. The van der Waals surface area contributed by atoms with E-state index in [1.165, 1.54) is 24.8 Å². The van der Waals surface area contributed by atoms with Gasteiger partial charge >= 0.3 is 0 Å². The lowest BCUT2D eigenvalue weighted by molar-refractivity contribution is -0.245. The summed E-state index contributed by atoms with van der Waals surface area (Å²) in [6.07, 6.45) is 6.47. The first-order valence-electron chi connectivity index (χ1n) is 10.3. The quantitative estimate of drug-likeness (QED) is 0.854. The maximum atomic E-state index is 12.2. The maximum absolute atomic E-state index is 12.2. The Morgan fingerprint density at radius 2 is 2.08 bits per heavy atom. The number of fused-ring (bicyclic) bond motifs is 1. The summed E-state index contributed by atoms with van der Waals surface area (Å²) in [5.74, 6) is 1.10. The van der Waals surface area contributed by atoms with Crippen molar-refractivity contribution in [3.8, 4) is 5.75 Å². The Kier molecular flexibility index (Phi) is 3.58. The van der Waals surface area contributed by atoms with Crippen molar-refractivity contribution in [2.75, 3.05) is 19.7 Å². The number of rotatable bonds is 2. The molecule has 142 valence electrons. The van der Waals surface area contributed by atoms with E-state index in [9.17, 15) is 10.2 Å². The molecule has 0 radical (unpaired) electrons. The minimum absolute atomic E-state index is 0.150. The molecule has 2 heterocycles. The van der Waals surface area contributed by atoms with Gasteiger partial charge in [-0.15, -0.1) is 0 Å². The largest absolute Gasteiger partial charge is 0.508 e. The molecule has 0 spiro atoms. The average Bonchev–Trinajstić information content (AvgIpc) is 2.52. The van der Waals surface area contributed by atoms with E-state index < -0.39 is 11.0 Å². The lowest BCUT2D eigenvalue weighted by atomic mass is 9.51. The standard InChI is InChI=1S/C22H31NO3/c1-20(2)13-22(25)19-10-16-6-7-17(24)11-18(16)21(22,14-26-20)8-9-23(19)12-15-4-3-5-15/h6-7,11,15,19,24-25H,3-5,8-10,12-14H2,1-2H3/t19-,21-,22-/m1/s1. The summed E-state index contributed by atoms with van der Waals surface area (Å²) in [6.45, 7) is 6.88. The molecule has 1 aromatic rings. The van der Waals surface area contributed by atoms with Gasteiger partial charge in [-0.05, 0) is 75.3 Å². The van der Waals surface area contributed by atoms with Gasteiger partial charge in [0.25, 0.3) is 0 Å². The molecule has 3 atom stereocenters. The summed E-state index contributed by atoms with van der Waals surface area (Å²) in [5, 5.41) is 22.3. The topological polar surface area (TPSA) is 52.9 Å². The summed E-state index contributed by atoms with van der Waals surface area (Å²) in [7, 11) is 0. The maximum Gasteiger partial charge on any atom is 0.115 e. The Balaban J connectivity index is 1.61. The molecule has 4 aliphatic rings. The van der Waals surface area contributed by atoms with Crippen molar-refractivity contribution < 1.29 is 14.9 Å². The van der Waals surface area contributed by atoms with Gasteiger partial charge in [-0.3, -0.25) is 4.90 Å². The molecule has 2 bridgehead atoms. The number of nitrogens with zero attached hydrogens (tertiary/aromatic N) is 1. The summed E-state index contributed by atoms with van der Waals surface area (Å²) in [5.41, 5.74) is 0.895. The van der Waals surface area contributed by atoms with Crippen molar-refractivity contribution in [3.05, 3.63) is 29.3 Å². The third-order valence-electron chi connectivity index (χ3n) is 7.79. The smallest absolute Gasteiger partial charge is 0.115 e. The normalized spacial score (nSPS) is 39.0. The molecule has 4 heteroatoms. The van der Waals surface area contributed by atoms with Gasteiger partial charge in [0.1, 0.15) is 5.75 Å². The summed E-state index contributed by atoms with van der Waals surface area (Å²) in [4.78, 5) is 2.58. The summed E-state index contributed by atoms with van der Waals surface area (Å²) >= 11 is 0. The van der Waals surface area contributed by atoms with Gasteiger partial charge in [-0.2, -0.15) is 0 Å². The van der Waals surface area contributed by atoms with E-state index in [1.54, 1.807) is 6.07 Å². The zero-order valence-electron chi connectivity index (χ0n) is 16.0. The molecule has 2 aliphatic carbocycles. The molecule has 26 heavy (non-hydrogen) atoms. The van der Waals surface area contributed by atoms with Crippen molar-refractivity contribution >= 4 is 0 Å². The van der Waals surface area contributed by atoms with E-state index in [2.05, 4.69) is 24.8 Å². The number of ether oxygens (including phenoxy) is 1. The number of phenolic OH excluding ortho intramolecular Hbond substituents is 1. The number of hydrogen-bond acceptors (Lipinski definition) is 4. The van der Waals surface area contributed by atoms with Crippen LogP contribution >= 0.6 is 0 Å². The van der Waals surface area contributed by atoms with E-state index >= 15 is 0 Å². The number of phenols is 1. The molecule has 0 aromatic heterocycles. The molecular formula is C22H31NO3. The lowest BCUT2D eigenvalue weighted by Gasteiger charge is -2.66. The minimum atomic E-state index is -0.794. The summed E-state index contributed by atoms with van der Waals surface area (Å²) < 4.78 is 6.26. The second-order valence-electron chi connectivity index (χ2n) is 9.83. The molecule has 4 nitrogen and oxygen atoms in total. The molecule has 3 fully saturated rings. The number of aromatic hydroxyl groups is 1. The second kappa shape index (κ2) is 5.46. The van der Waals surface area contributed by atoms with Crippen LogP contribution in [0, 0.1) is 5.92 Å². The van der Waals surface area contributed by atoms with Crippen molar-refractivity contribution in [1.29, 1.82) is 0 Å². The zero-order valence-corrected chi connectivity index (χ0v) is 16.0. The van der Waals surface area contributed by atoms with Crippen LogP contribution in [0.5, 0.6) is 5.75 Å². The van der Waals surface area contributed by atoms with Gasteiger partial charge in [0.2, 0.25) is 0 Å². The Bertz CT molecular complexity index is 728. The molecular weight excluding hydrogens is 326 g/mol. The molecule has 0 unspecified atom stereocenters. The second-order valence-corrected chi connectivity index (χ2v) is 9.83. The Hall–Kier alpha value is -1.10. The van der Waals surface area contributed by atoms with Crippen LogP contribution in [0.25, 0.3) is 0 Å². The zero-order chi connectivity index (χ0) is 18.2. The number of aliphatic hydroxyl groups is 1. The van der Waals surface area contributed by atoms with Gasteiger partial charge in [0.05, 0.1) is 23.2 Å². The Labute approximate surface area is 156 Å². The number of likely N-dealkylation sites (tertiary alicyclic amines) is 1. The molecule has 1 saturated carbocycles. The predicted octanol–water partition coefficient (Wildman–Crippen LogP) is 2.99. The van der Waals surface area contributed by atoms with Crippen LogP contribution < -0.4 is 0 Å². The first-order chi connectivity index (χ1) is 12.3. The Morgan fingerprint density at radius 3 is 2.81 bits per heavy atom. The first kappa shape index (κ1) is 17.0. The van der Waals surface area contributed by atoms with Crippen LogP contribution in [0.3, 0.4) is 0 Å². The van der Waals surface area contributed by atoms with Crippen molar-refractivity contribution in [2.24, 2.45) is 5.92 Å². The Morgan fingerprint density at radius 1 is 1.27 bits per heavy atom. The highest BCUT2D eigenvalue weighted by Crippen LogP contribution is 2.58. The van der Waals surface area contributed by atoms with Gasteiger partial charge in [0, 0.05) is 19.0 Å². The molecule has 2 aliphatic heterocycles. The molecule has 2 saturated heterocycles. The third kappa shape index (κ3) is 2.25. The van der Waals surface area contributed by atoms with Crippen LogP contribution in [-0.4, -0.2) is 52.1 Å². The van der Waals surface area contributed by atoms with Crippen LogP contribution in [0.1, 0.15) is 57.1 Å². The molecule has 0 amide bonds. The van der Waals surface area contributed by atoms with Crippen LogP contribution in [0.2, 0.25) is 0 Å². The van der Waals surface area contributed by atoms with Crippen molar-refractivity contribution in [3.63, 3.8) is 0 Å². The van der Waals surface area contributed by atoms with Crippen LogP contribution in [0.4, 0.5) is 0 Å². The fourth-order valence-electron chi connectivity index (χ4n) is 6.20. The van der Waals surface area contributed by atoms with Crippen molar-refractivity contribution in [1.82, 2.24) is 4.90 Å². The highest BCUT2D eigenvalue weighted by atomic mass is 16.5. The van der Waals surface area contributed by atoms with Crippen LogP contribution in [0.15, 0.2) is 18.2 Å². The lowest BCUT2D eigenvalue weighted by Crippen LogP contribution is -2.76. The van der Waals surface area contributed by atoms with Gasteiger partial charge < -0.3 is 14.9 Å². The van der Waals surface area contributed by atoms with E-state index in [4.69, 9.17) is 4.74 Å². The van der Waals surface area contributed by atoms with E-state index in [0.717, 1.165) is 37.4 Å². The van der Waals surface area contributed by atoms with Crippen molar-refractivity contribution in [2.45, 2.75) is 75.0 Å². The minimum Gasteiger partial charge on any atom is -0.508 e. The SMILES string of the molecule is CC1(C)C[C@@]2(O)[C@H]3Cc4ccc(O)cc4[C@@]2(CCN3CC2CCC2)CO1. The molecule has 5 rings (SSSR count). The van der Waals surface area contributed by atoms with Crippen LogP contribution in [-0.2, 0) is 16.6 Å². The summed E-state index contributed by atoms with van der Waals surface area (Å²) in [6, 6.07) is 5.89. The fraction of sp³-hybridized carbons (Fsp3) is 0.727. The number of piperidine rings is 1. The third-order valence-corrected chi connectivity index (χ3v) is 7.79. The average molecular weight is 357 g/mol. The number of hydrogen-bond donors (Lipinski definition) is 2. The van der Waals surface area contributed by atoms with Gasteiger partial charge in [-0.25, -0.2) is 0 Å². The first-order valence-corrected chi connectivity index (χ1v) is 10.3. The fourth-order valence-corrected chi connectivity index (χ4v) is 6.20. The number of benzene rings is 1. The predicted molar refractivity (Wildman–Crippen MR) is 100 cm³/mol. The highest BCUT2D eigenvalue weighted by Gasteiger charge is 2.66. The van der Waals surface area contributed by atoms with E-state index in [-0.39, 0.29) is 11.6 Å². The van der Waals surface area contributed by atoms with Gasteiger partial charge in [0.15, 0.2) is 0 Å². The van der Waals surface area contributed by atoms with Gasteiger partial charge in [-0.1, -0.05) is 12.5 Å². The van der Waals surface area contributed by atoms with E-state index in [1.807, 2.05) is 6.07 Å². The monoisotopic (exact) mass is 357 g/mol. The highest BCUT2D eigenvalue weighted by molar-refractivity contribution is 5.48. The molecule has 1 aromatic carbocycles.